The topological polar surface area (TPSA) is 108 Å². The minimum atomic E-state index is -0.619. The van der Waals surface area contributed by atoms with Crippen molar-refractivity contribution >= 4 is 29.1 Å². The summed E-state index contributed by atoms with van der Waals surface area (Å²) in [6, 6.07) is 29.4. The molecule has 34 heavy (non-hydrogen) atoms. The van der Waals surface area contributed by atoms with Gasteiger partial charge in [0, 0.05) is 28.1 Å². The third-order valence-corrected chi connectivity index (χ3v) is 5.10. The number of hydrogen-bond acceptors (Lipinski definition) is 4. The molecule has 3 amide bonds. The monoisotopic (exact) mass is 451 g/mol. The Labute approximate surface area is 196 Å². The Balaban J connectivity index is 1.67. The van der Waals surface area contributed by atoms with Gasteiger partial charge < -0.3 is 10.6 Å². The molecule has 0 aliphatic heterocycles. The molecule has 0 heterocycles. The first-order valence-electron chi connectivity index (χ1n) is 10.5. The molecule has 168 valence electrons. The molecule has 0 aliphatic rings. The van der Waals surface area contributed by atoms with Gasteiger partial charge in [-0.05, 0) is 65.7 Å². The molecule has 0 atom stereocenters. The molecule has 0 saturated heterocycles. The summed E-state index contributed by atoms with van der Waals surface area (Å²) in [4.78, 5) is 37.0. The standard InChI is InChI=1S/C27H21N3O4/c31-25(19-7-3-1-4-8-19)28-23-15-22(18-11-13-21(14-12-18)27(33)30-34)16-24(17-23)29-26(32)20-9-5-2-6-10-20/h1-17,34H,(H,28,31)(H,29,32)(H,30,33). The predicted octanol–water partition coefficient (Wildman–Crippen LogP) is 4.98. The van der Waals surface area contributed by atoms with Crippen molar-refractivity contribution < 1.29 is 19.6 Å². The molecular weight excluding hydrogens is 430 g/mol. The van der Waals surface area contributed by atoms with Crippen LogP contribution in [0.15, 0.2) is 103 Å². The summed E-state index contributed by atoms with van der Waals surface area (Å²) in [5, 5.41) is 14.6. The van der Waals surface area contributed by atoms with E-state index in [9.17, 15) is 14.4 Å². The van der Waals surface area contributed by atoms with E-state index in [0.717, 1.165) is 5.56 Å². The molecule has 7 nitrogen and oxygen atoms in total. The summed E-state index contributed by atoms with van der Waals surface area (Å²) in [5.41, 5.74) is 5.34. The first-order valence-corrected chi connectivity index (χ1v) is 10.5. The van der Waals surface area contributed by atoms with E-state index in [2.05, 4.69) is 10.6 Å². The molecule has 0 fully saturated rings. The highest BCUT2D eigenvalue weighted by atomic mass is 16.5. The maximum Gasteiger partial charge on any atom is 0.274 e. The summed E-state index contributed by atoms with van der Waals surface area (Å²) in [7, 11) is 0. The summed E-state index contributed by atoms with van der Waals surface area (Å²) in [6.07, 6.45) is 0. The molecule has 0 spiro atoms. The number of amides is 3. The van der Waals surface area contributed by atoms with E-state index in [1.807, 2.05) is 12.1 Å². The lowest BCUT2D eigenvalue weighted by molar-refractivity contribution is 0.0706. The van der Waals surface area contributed by atoms with Crippen LogP contribution < -0.4 is 16.1 Å². The van der Waals surface area contributed by atoms with Crippen LogP contribution in [0.4, 0.5) is 11.4 Å². The lowest BCUT2D eigenvalue weighted by Crippen LogP contribution is -2.18. The highest BCUT2D eigenvalue weighted by Crippen LogP contribution is 2.28. The quantitative estimate of drug-likeness (QED) is 0.245. The van der Waals surface area contributed by atoms with Crippen LogP contribution in [0.5, 0.6) is 0 Å². The van der Waals surface area contributed by atoms with E-state index in [1.54, 1.807) is 96.5 Å². The first-order chi connectivity index (χ1) is 16.5. The van der Waals surface area contributed by atoms with Gasteiger partial charge in [0.1, 0.15) is 0 Å². The van der Waals surface area contributed by atoms with Crippen LogP contribution in [-0.4, -0.2) is 22.9 Å². The van der Waals surface area contributed by atoms with Gasteiger partial charge in [0.25, 0.3) is 17.7 Å². The van der Waals surface area contributed by atoms with Gasteiger partial charge in [-0.25, -0.2) is 5.48 Å². The SMILES string of the molecule is O=C(NO)c1ccc(-c2cc(NC(=O)c3ccccc3)cc(NC(=O)c3ccccc3)c2)cc1. The van der Waals surface area contributed by atoms with Gasteiger partial charge in [-0.2, -0.15) is 0 Å². The van der Waals surface area contributed by atoms with Crippen molar-refractivity contribution in [3.63, 3.8) is 0 Å². The number of rotatable bonds is 6. The minimum Gasteiger partial charge on any atom is -0.322 e. The maximum atomic E-state index is 12.7. The van der Waals surface area contributed by atoms with Gasteiger partial charge in [-0.3, -0.25) is 19.6 Å². The highest BCUT2D eigenvalue weighted by molar-refractivity contribution is 6.07. The predicted molar refractivity (Wildman–Crippen MR) is 130 cm³/mol. The highest BCUT2D eigenvalue weighted by Gasteiger charge is 2.12. The second kappa shape index (κ2) is 10.2. The van der Waals surface area contributed by atoms with E-state index in [-0.39, 0.29) is 17.4 Å². The maximum absolute atomic E-state index is 12.7. The Morgan fingerprint density at radius 2 is 0.941 bits per heavy atom. The second-order valence-electron chi connectivity index (χ2n) is 7.46. The van der Waals surface area contributed by atoms with E-state index >= 15 is 0 Å². The average molecular weight is 451 g/mol. The van der Waals surface area contributed by atoms with Gasteiger partial charge >= 0.3 is 0 Å². The van der Waals surface area contributed by atoms with E-state index in [1.165, 1.54) is 0 Å². The Morgan fingerprint density at radius 1 is 0.500 bits per heavy atom. The Bertz CT molecular complexity index is 1250. The smallest absolute Gasteiger partial charge is 0.274 e. The molecule has 7 heteroatoms. The fourth-order valence-electron chi connectivity index (χ4n) is 3.40. The van der Waals surface area contributed by atoms with Crippen molar-refractivity contribution in [2.24, 2.45) is 0 Å². The van der Waals surface area contributed by atoms with Crippen LogP contribution in [0, 0.1) is 0 Å². The Kier molecular flexibility index (Phi) is 6.76. The molecule has 4 aromatic rings. The van der Waals surface area contributed by atoms with Gasteiger partial charge in [0.2, 0.25) is 0 Å². The Morgan fingerprint density at radius 3 is 1.38 bits per heavy atom. The third kappa shape index (κ3) is 5.35. The van der Waals surface area contributed by atoms with Gasteiger partial charge in [0.05, 0.1) is 0 Å². The van der Waals surface area contributed by atoms with Crippen molar-refractivity contribution in [2.75, 3.05) is 10.6 Å². The number of carbonyl (C=O) groups is 3. The second-order valence-corrected chi connectivity index (χ2v) is 7.46. The van der Waals surface area contributed by atoms with Gasteiger partial charge in [-0.15, -0.1) is 0 Å². The minimum absolute atomic E-state index is 0.284. The van der Waals surface area contributed by atoms with Crippen LogP contribution in [-0.2, 0) is 0 Å². The van der Waals surface area contributed by atoms with Crippen LogP contribution in [0.25, 0.3) is 11.1 Å². The summed E-state index contributed by atoms with van der Waals surface area (Å²) < 4.78 is 0. The molecular formula is C27H21N3O4. The van der Waals surface area contributed by atoms with Gasteiger partial charge in [0.15, 0.2) is 0 Å². The molecule has 4 aromatic carbocycles. The number of nitrogens with one attached hydrogen (secondary N) is 3. The van der Waals surface area contributed by atoms with Gasteiger partial charge in [-0.1, -0.05) is 48.5 Å². The van der Waals surface area contributed by atoms with Crippen LogP contribution in [0.3, 0.4) is 0 Å². The van der Waals surface area contributed by atoms with Crippen LogP contribution >= 0.6 is 0 Å². The molecule has 0 unspecified atom stereocenters. The number of carbonyl (C=O) groups excluding carboxylic acids is 3. The van der Waals surface area contributed by atoms with Crippen molar-refractivity contribution in [1.29, 1.82) is 0 Å². The first kappa shape index (κ1) is 22.4. The van der Waals surface area contributed by atoms with E-state index < -0.39 is 5.91 Å². The third-order valence-electron chi connectivity index (χ3n) is 5.10. The van der Waals surface area contributed by atoms with Crippen molar-refractivity contribution in [2.45, 2.75) is 0 Å². The molecule has 0 aromatic heterocycles. The molecule has 4 rings (SSSR count). The molecule has 0 aliphatic carbocycles. The average Bonchev–Trinajstić information content (AvgIpc) is 2.89. The summed E-state index contributed by atoms with van der Waals surface area (Å²) >= 11 is 0. The zero-order chi connectivity index (χ0) is 23.9. The largest absolute Gasteiger partial charge is 0.322 e. The van der Waals surface area contributed by atoms with Crippen LogP contribution in [0.2, 0.25) is 0 Å². The fourth-order valence-corrected chi connectivity index (χ4v) is 3.40. The molecule has 4 N–H and O–H groups in total. The summed E-state index contributed by atoms with van der Waals surface area (Å²) in [6.45, 7) is 0. The molecule has 0 radical (unpaired) electrons. The fraction of sp³-hybridized carbons (Fsp3) is 0. The number of hydrogen-bond donors (Lipinski definition) is 4. The van der Waals surface area contributed by atoms with E-state index in [4.69, 9.17) is 5.21 Å². The molecule has 0 bridgehead atoms. The zero-order valence-corrected chi connectivity index (χ0v) is 18.0. The van der Waals surface area contributed by atoms with Crippen molar-refractivity contribution in [3.8, 4) is 11.1 Å². The summed E-state index contributed by atoms with van der Waals surface area (Å²) in [5.74, 6) is -1.19. The lowest BCUT2D eigenvalue weighted by Gasteiger charge is -2.13. The number of benzene rings is 4. The molecule has 0 saturated carbocycles. The zero-order valence-electron chi connectivity index (χ0n) is 18.0. The Hall–Kier alpha value is -4.75. The lowest BCUT2D eigenvalue weighted by atomic mass is 10.0. The van der Waals surface area contributed by atoms with Crippen molar-refractivity contribution in [3.05, 3.63) is 120 Å². The number of hydroxylamine groups is 1. The number of anilines is 2. The van der Waals surface area contributed by atoms with Crippen LogP contribution in [0.1, 0.15) is 31.1 Å². The van der Waals surface area contributed by atoms with E-state index in [0.29, 0.717) is 28.1 Å². The van der Waals surface area contributed by atoms with Crippen molar-refractivity contribution in [1.82, 2.24) is 5.48 Å². The normalized spacial score (nSPS) is 10.3.